The average Bonchev–Trinajstić information content (AvgIpc) is 3.10. The Hall–Kier alpha value is -1.10. The molecule has 2 N–H and O–H groups in total. The standard InChI is InChI=1S/2C11H16O.C6H6S.2ClH.Ti/c2*1-8-5-6-10(12)9(7-8)11(2,3)4;1-5-3-4-7-6(5)2;;;/h2*5-7,12H,1-4H3;2-4H,1H3;2*1H;. The van der Waals surface area contributed by atoms with Crippen LogP contribution in [0.5, 0.6) is 11.5 Å². The fourth-order valence-corrected chi connectivity index (χ4v) is 4.45. The summed E-state index contributed by atoms with van der Waals surface area (Å²) in [7, 11) is 0. The van der Waals surface area contributed by atoms with E-state index in [1.165, 1.54) is 21.6 Å². The molecular weight excluding hydrogens is 519 g/mol. The number of hydrogen-bond acceptors (Lipinski definition) is 3. The molecule has 0 saturated heterocycles. The van der Waals surface area contributed by atoms with E-state index in [4.69, 9.17) is 0 Å². The van der Waals surface area contributed by atoms with E-state index in [2.05, 4.69) is 84.2 Å². The zero-order chi connectivity index (χ0) is 24.7. The van der Waals surface area contributed by atoms with Crippen molar-refractivity contribution in [2.24, 2.45) is 0 Å². The monoisotopic (exact) mass is 558 g/mol. The van der Waals surface area contributed by atoms with E-state index >= 15 is 0 Å². The predicted octanol–water partition coefficient (Wildman–Crippen LogP) is 8.59. The zero-order valence-corrected chi connectivity index (χ0v) is 25.8. The molecule has 2 nitrogen and oxygen atoms in total. The van der Waals surface area contributed by atoms with Crippen LogP contribution in [0.2, 0.25) is 0 Å². The van der Waals surface area contributed by atoms with Gasteiger partial charge in [0.2, 0.25) is 0 Å². The van der Waals surface area contributed by atoms with E-state index in [9.17, 15) is 10.2 Å². The molecule has 0 radical (unpaired) electrons. The molecule has 188 valence electrons. The molecule has 0 atom stereocenters. The summed E-state index contributed by atoms with van der Waals surface area (Å²) >= 11 is 3.86. The Kier molecular flexibility index (Phi) is 15.6. The number of aryl methyl sites for hydroxylation is 3. The van der Waals surface area contributed by atoms with Gasteiger partial charge in [0.05, 0.1) is 0 Å². The van der Waals surface area contributed by atoms with Gasteiger partial charge in [-0.25, -0.2) is 0 Å². The van der Waals surface area contributed by atoms with Crippen LogP contribution in [0, 0.1) is 20.8 Å². The van der Waals surface area contributed by atoms with Crippen LogP contribution < -0.4 is 0 Å². The fraction of sp³-hybridized carbons (Fsp3) is 0.393. The summed E-state index contributed by atoms with van der Waals surface area (Å²) in [6.07, 6.45) is 0. The Bertz CT molecular complexity index is 970. The fourth-order valence-electron chi connectivity index (χ4n) is 3.03. The quantitative estimate of drug-likeness (QED) is 0.293. The third kappa shape index (κ3) is 11.6. The van der Waals surface area contributed by atoms with Crippen LogP contribution in [-0.2, 0) is 30.8 Å². The maximum absolute atomic E-state index is 9.57. The van der Waals surface area contributed by atoms with Gasteiger partial charge in [-0.2, -0.15) is 0 Å². The van der Waals surface area contributed by atoms with E-state index in [0.717, 1.165) is 11.1 Å². The van der Waals surface area contributed by atoms with Gasteiger partial charge in [0.1, 0.15) is 11.5 Å². The molecule has 0 saturated carbocycles. The molecule has 6 heteroatoms. The molecule has 0 aliphatic rings. The summed E-state index contributed by atoms with van der Waals surface area (Å²) < 4.78 is 2.14. The molecule has 0 unspecified atom stereocenters. The first-order valence-electron chi connectivity index (χ1n) is 10.8. The zero-order valence-electron chi connectivity index (χ0n) is 21.8. The van der Waals surface area contributed by atoms with Crippen LogP contribution in [-0.4, -0.2) is 14.5 Å². The first kappa shape index (κ1) is 35.1. The second-order valence-electron chi connectivity index (χ2n) is 10.2. The minimum atomic E-state index is 0. The van der Waals surface area contributed by atoms with Gasteiger partial charge >= 0.3 is 64.4 Å². The molecule has 0 bridgehead atoms. The Morgan fingerprint density at radius 2 is 1.09 bits per heavy atom. The summed E-state index contributed by atoms with van der Waals surface area (Å²) in [5.74, 6) is 0.793. The summed E-state index contributed by atoms with van der Waals surface area (Å²) in [6.45, 7) is 18.8. The Morgan fingerprint density at radius 1 is 0.706 bits per heavy atom. The number of phenols is 2. The molecule has 1 heterocycles. The Labute approximate surface area is 234 Å². The van der Waals surface area contributed by atoms with Crippen LogP contribution in [0.25, 0.3) is 0 Å². The third-order valence-electron chi connectivity index (χ3n) is 4.95. The molecule has 0 aliphatic heterocycles. The van der Waals surface area contributed by atoms with Crippen LogP contribution in [0.4, 0.5) is 0 Å². The maximum atomic E-state index is 9.57. The number of thiophene rings is 1. The summed E-state index contributed by atoms with van der Waals surface area (Å²) in [5, 5.41) is 21.3. The number of halogens is 2. The molecule has 0 fully saturated rings. The van der Waals surface area contributed by atoms with Gasteiger partial charge in [-0.15, -0.1) is 24.8 Å². The van der Waals surface area contributed by atoms with E-state index in [0.29, 0.717) is 11.5 Å². The van der Waals surface area contributed by atoms with Crippen molar-refractivity contribution in [1.82, 2.24) is 0 Å². The second kappa shape index (κ2) is 15.1. The van der Waals surface area contributed by atoms with Gasteiger partial charge in [-0.3, -0.25) is 0 Å². The van der Waals surface area contributed by atoms with Crippen LogP contribution in [0.15, 0.2) is 47.8 Å². The van der Waals surface area contributed by atoms with E-state index in [-0.39, 0.29) is 35.6 Å². The normalized spacial score (nSPS) is 10.4. The molecule has 0 aliphatic carbocycles. The van der Waals surface area contributed by atoms with Crippen molar-refractivity contribution in [2.45, 2.75) is 73.1 Å². The van der Waals surface area contributed by atoms with Gasteiger partial charge in [0.25, 0.3) is 0 Å². The average molecular weight is 559 g/mol. The molecule has 3 aromatic rings. The van der Waals surface area contributed by atoms with Crippen molar-refractivity contribution < 1.29 is 30.2 Å². The van der Waals surface area contributed by atoms with Crippen LogP contribution in [0.1, 0.15) is 74.2 Å². The number of benzene rings is 2. The minimum absolute atomic E-state index is 0. The van der Waals surface area contributed by atoms with E-state index < -0.39 is 0 Å². The molecule has 0 spiro atoms. The number of aromatic hydroxyl groups is 2. The van der Waals surface area contributed by atoms with E-state index in [1.807, 2.05) is 38.1 Å². The molecule has 3 rings (SSSR count). The summed E-state index contributed by atoms with van der Waals surface area (Å²) in [6, 6.07) is 13.6. The first-order chi connectivity index (χ1) is 14.7. The largest absolute Gasteiger partial charge is 0.147 e. The van der Waals surface area contributed by atoms with Crippen LogP contribution in [0.3, 0.4) is 0 Å². The van der Waals surface area contributed by atoms with Crippen molar-refractivity contribution in [1.29, 1.82) is 0 Å². The first-order valence-corrected chi connectivity index (χ1v) is 12.6. The summed E-state index contributed by atoms with van der Waals surface area (Å²) in [4.78, 5) is 1.39. The predicted molar refractivity (Wildman–Crippen MR) is 152 cm³/mol. The van der Waals surface area contributed by atoms with Gasteiger partial charge in [0.15, 0.2) is 0 Å². The smallest absolute Gasteiger partial charge is 0.147 e. The molecule has 0 amide bonds. The van der Waals surface area contributed by atoms with Crippen molar-refractivity contribution in [2.75, 3.05) is 0 Å². The maximum Gasteiger partial charge on any atom is -0.147 e. The molecule has 34 heavy (non-hydrogen) atoms. The molecule has 2 aromatic carbocycles. The van der Waals surface area contributed by atoms with Gasteiger partial charge in [0, 0.05) is 0 Å². The number of hydrogen-bond donors (Lipinski definition) is 2. The molecular formula is C28H40Cl2O2STi. The van der Waals surface area contributed by atoms with Gasteiger partial charge < -0.3 is 10.2 Å². The topological polar surface area (TPSA) is 40.5 Å². The third-order valence-corrected chi connectivity index (χ3v) is 6.70. The Morgan fingerprint density at radius 3 is 1.29 bits per heavy atom. The number of rotatable bonds is 1. The van der Waals surface area contributed by atoms with Gasteiger partial charge in [-0.1, -0.05) is 76.9 Å². The van der Waals surface area contributed by atoms with Crippen molar-refractivity contribution in [3.8, 4) is 11.5 Å². The van der Waals surface area contributed by atoms with Crippen molar-refractivity contribution in [3.05, 3.63) is 80.5 Å². The van der Waals surface area contributed by atoms with Crippen molar-refractivity contribution in [3.63, 3.8) is 0 Å². The van der Waals surface area contributed by atoms with Gasteiger partial charge in [-0.05, 0) is 47.9 Å². The summed E-state index contributed by atoms with van der Waals surface area (Å²) in [5.41, 5.74) is 5.85. The molecule has 1 aromatic heterocycles. The number of phenolic OH excluding ortho intramolecular Hbond substituents is 2. The Balaban J connectivity index is 0. The van der Waals surface area contributed by atoms with Crippen molar-refractivity contribution >= 4 is 40.5 Å². The van der Waals surface area contributed by atoms with Crippen LogP contribution >= 0.6 is 36.2 Å². The second-order valence-corrected chi connectivity index (χ2v) is 11.6. The minimum Gasteiger partial charge on any atom is -0.147 e. The van der Waals surface area contributed by atoms with E-state index in [1.54, 1.807) is 23.5 Å². The SMILES string of the molecule is Cc1ccc(O)c(C(C)(C)C)c1.Cc1ccc(O)c(C(C)(C)C)c1.Cc1ccsc1[CH]=[Ti].Cl.Cl.